The second kappa shape index (κ2) is 8.66. The summed E-state index contributed by atoms with van der Waals surface area (Å²) in [5.41, 5.74) is 2.53. The number of hydrogen-bond donors (Lipinski definition) is 1. The van der Waals surface area contributed by atoms with Crippen molar-refractivity contribution in [3.8, 4) is 11.5 Å². The van der Waals surface area contributed by atoms with Gasteiger partial charge in [-0.2, -0.15) is 0 Å². The highest BCUT2D eigenvalue weighted by atomic mass is 16.6. The Morgan fingerprint density at radius 3 is 2.34 bits per heavy atom. The molecule has 1 amide bonds. The van der Waals surface area contributed by atoms with Crippen LogP contribution in [-0.4, -0.2) is 49.4 Å². The zero-order chi connectivity index (χ0) is 20.2. The van der Waals surface area contributed by atoms with Crippen molar-refractivity contribution in [2.75, 3.05) is 38.2 Å². The van der Waals surface area contributed by atoms with Crippen molar-refractivity contribution in [3.63, 3.8) is 0 Å². The molecule has 0 aromatic heterocycles. The van der Waals surface area contributed by atoms with E-state index in [9.17, 15) is 9.59 Å². The van der Waals surface area contributed by atoms with Gasteiger partial charge in [0.15, 0.2) is 17.3 Å². The van der Waals surface area contributed by atoms with Gasteiger partial charge < -0.3 is 19.7 Å². The fourth-order valence-electron chi connectivity index (χ4n) is 3.72. The third-order valence-electron chi connectivity index (χ3n) is 5.37. The molecular weight excluding hydrogens is 368 g/mol. The summed E-state index contributed by atoms with van der Waals surface area (Å²) in [7, 11) is 0. The van der Waals surface area contributed by atoms with Gasteiger partial charge in [-0.25, -0.2) is 0 Å². The average molecular weight is 394 g/mol. The van der Waals surface area contributed by atoms with Gasteiger partial charge in [-0.15, -0.1) is 0 Å². The SMILES string of the molecule is Cc1ccc(C(=O)c2cc3c(cc2NC(=O)CCN2CCCC2)OCCO3)cc1. The molecule has 1 N–H and O–H groups in total. The summed E-state index contributed by atoms with van der Waals surface area (Å²) in [6, 6.07) is 10.8. The second-order valence-corrected chi connectivity index (χ2v) is 7.58. The first-order chi connectivity index (χ1) is 14.1. The maximum atomic E-state index is 13.2. The van der Waals surface area contributed by atoms with Gasteiger partial charge in [-0.05, 0) is 38.9 Å². The van der Waals surface area contributed by atoms with Crippen molar-refractivity contribution in [2.24, 2.45) is 0 Å². The van der Waals surface area contributed by atoms with E-state index in [0.717, 1.165) is 25.2 Å². The molecule has 6 heteroatoms. The van der Waals surface area contributed by atoms with Crippen LogP contribution >= 0.6 is 0 Å². The van der Waals surface area contributed by atoms with Crippen LogP contribution < -0.4 is 14.8 Å². The van der Waals surface area contributed by atoms with Crippen LogP contribution in [0.5, 0.6) is 11.5 Å². The van der Waals surface area contributed by atoms with Crippen LogP contribution in [0.4, 0.5) is 5.69 Å². The number of carbonyl (C=O) groups is 2. The Kier molecular flexibility index (Phi) is 5.81. The Morgan fingerprint density at radius 2 is 1.66 bits per heavy atom. The van der Waals surface area contributed by atoms with Crippen molar-refractivity contribution < 1.29 is 19.1 Å². The lowest BCUT2D eigenvalue weighted by molar-refractivity contribution is -0.116. The number of ketones is 1. The second-order valence-electron chi connectivity index (χ2n) is 7.58. The van der Waals surface area contributed by atoms with E-state index in [1.54, 1.807) is 24.3 Å². The molecule has 0 spiro atoms. The van der Waals surface area contributed by atoms with Crippen LogP contribution in [0, 0.1) is 6.92 Å². The minimum atomic E-state index is -0.156. The molecule has 2 aromatic carbocycles. The fraction of sp³-hybridized carbons (Fsp3) is 0.391. The maximum Gasteiger partial charge on any atom is 0.225 e. The van der Waals surface area contributed by atoms with Gasteiger partial charge in [0.05, 0.1) is 11.3 Å². The topological polar surface area (TPSA) is 67.9 Å². The number of rotatable bonds is 6. The number of hydrogen-bond acceptors (Lipinski definition) is 5. The lowest BCUT2D eigenvalue weighted by Crippen LogP contribution is -2.25. The van der Waals surface area contributed by atoms with Crippen molar-refractivity contribution in [2.45, 2.75) is 26.2 Å². The van der Waals surface area contributed by atoms with E-state index in [1.807, 2.05) is 19.1 Å². The fourth-order valence-corrected chi connectivity index (χ4v) is 3.72. The van der Waals surface area contributed by atoms with E-state index in [2.05, 4.69) is 10.2 Å². The number of nitrogens with one attached hydrogen (secondary N) is 1. The van der Waals surface area contributed by atoms with Gasteiger partial charge in [-0.3, -0.25) is 9.59 Å². The highest BCUT2D eigenvalue weighted by Gasteiger charge is 2.22. The van der Waals surface area contributed by atoms with E-state index >= 15 is 0 Å². The first-order valence-electron chi connectivity index (χ1n) is 10.2. The maximum absolute atomic E-state index is 13.2. The zero-order valence-electron chi connectivity index (χ0n) is 16.7. The van der Waals surface area contributed by atoms with Gasteiger partial charge in [0.1, 0.15) is 13.2 Å². The predicted octanol–water partition coefficient (Wildman–Crippen LogP) is 3.42. The van der Waals surface area contributed by atoms with Gasteiger partial charge in [0.2, 0.25) is 5.91 Å². The molecule has 0 unspecified atom stereocenters. The average Bonchev–Trinajstić information content (AvgIpc) is 3.25. The number of benzene rings is 2. The van der Waals surface area contributed by atoms with E-state index in [-0.39, 0.29) is 11.7 Å². The molecule has 0 atom stereocenters. The number of nitrogens with zero attached hydrogens (tertiary/aromatic N) is 1. The smallest absolute Gasteiger partial charge is 0.225 e. The molecule has 2 heterocycles. The summed E-state index contributed by atoms with van der Waals surface area (Å²) in [4.78, 5) is 28.0. The molecule has 0 radical (unpaired) electrons. The van der Waals surface area contributed by atoms with E-state index in [4.69, 9.17) is 9.47 Å². The molecule has 2 aromatic rings. The van der Waals surface area contributed by atoms with E-state index in [0.29, 0.717) is 47.9 Å². The van der Waals surface area contributed by atoms with E-state index < -0.39 is 0 Å². The summed E-state index contributed by atoms with van der Waals surface area (Å²) in [6.45, 7) is 5.69. The molecule has 0 saturated carbocycles. The molecule has 0 aliphatic carbocycles. The molecule has 4 rings (SSSR count). The Labute approximate surface area is 170 Å². The van der Waals surface area contributed by atoms with Crippen molar-refractivity contribution in [3.05, 3.63) is 53.1 Å². The molecular formula is C23H26N2O4. The molecule has 29 heavy (non-hydrogen) atoms. The van der Waals surface area contributed by atoms with Gasteiger partial charge in [-0.1, -0.05) is 29.8 Å². The molecule has 1 saturated heterocycles. The minimum Gasteiger partial charge on any atom is -0.486 e. The highest BCUT2D eigenvalue weighted by Crippen LogP contribution is 2.36. The molecule has 1 fully saturated rings. The van der Waals surface area contributed by atoms with Gasteiger partial charge >= 0.3 is 0 Å². The third-order valence-corrected chi connectivity index (χ3v) is 5.37. The summed E-state index contributed by atoms with van der Waals surface area (Å²) in [6.07, 6.45) is 2.78. The minimum absolute atomic E-state index is 0.105. The standard InChI is InChI=1S/C23H26N2O4/c1-16-4-6-17(7-5-16)23(27)18-14-20-21(29-13-12-28-20)15-19(18)24-22(26)8-11-25-9-2-3-10-25/h4-7,14-15H,2-3,8-13H2,1H3,(H,24,26). The zero-order valence-corrected chi connectivity index (χ0v) is 16.7. The number of ether oxygens (including phenoxy) is 2. The highest BCUT2D eigenvalue weighted by molar-refractivity contribution is 6.14. The van der Waals surface area contributed by atoms with Crippen LogP contribution in [0.15, 0.2) is 36.4 Å². The van der Waals surface area contributed by atoms with Crippen molar-refractivity contribution in [1.29, 1.82) is 0 Å². The van der Waals surface area contributed by atoms with Crippen molar-refractivity contribution >= 4 is 17.4 Å². The first-order valence-corrected chi connectivity index (χ1v) is 10.2. The van der Waals surface area contributed by atoms with Crippen molar-refractivity contribution in [1.82, 2.24) is 4.90 Å². The number of fused-ring (bicyclic) bond motifs is 1. The van der Waals surface area contributed by atoms with Crippen LogP contribution in [0.25, 0.3) is 0 Å². The summed E-state index contributed by atoms with van der Waals surface area (Å²) in [5, 5.41) is 2.92. The van der Waals surface area contributed by atoms with Crippen LogP contribution in [0.1, 0.15) is 40.7 Å². The molecule has 6 nitrogen and oxygen atoms in total. The van der Waals surface area contributed by atoms with Gasteiger partial charge in [0.25, 0.3) is 0 Å². The monoisotopic (exact) mass is 394 g/mol. The van der Waals surface area contributed by atoms with Crippen LogP contribution in [0.3, 0.4) is 0 Å². The normalized spacial score (nSPS) is 15.9. The number of likely N-dealkylation sites (tertiary alicyclic amines) is 1. The van der Waals surface area contributed by atoms with Gasteiger partial charge in [0, 0.05) is 24.6 Å². The van der Waals surface area contributed by atoms with Crippen LogP contribution in [0.2, 0.25) is 0 Å². The number of aryl methyl sites for hydroxylation is 1. The number of carbonyl (C=O) groups excluding carboxylic acids is 2. The summed E-state index contributed by atoms with van der Waals surface area (Å²) < 4.78 is 11.3. The third kappa shape index (κ3) is 4.59. The van der Waals surface area contributed by atoms with Crippen LogP contribution in [-0.2, 0) is 4.79 Å². The molecule has 2 aliphatic rings. The molecule has 0 bridgehead atoms. The number of amides is 1. The Bertz CT molecular complexity index is 902. The Balaban J connectivity index is 1.57. The lowest BCUT2D eigenvalue weighted by Gasteiger charge is -2.21. The molecule has 152 valence electrons. The predicted molar refractivity (Wildman–Crippen MR) is 111 cm³/mol. The molecule has 2 aliphatic heterocycles. The Morgan fingerprint density at radius 1 is 1.00 bits per heavy atom. The summed E-state index contributed by atoms with van der Waals surface area (Å²) in [5.74, 6) is 0.816. The first kappa shape index (κ1) is 19.5. The quantitative estimate of drug-likeness (QED) is 0.761. The lowest BCUT2D eigenvalue weighted by atomic mass is 9.99. The van der Waals surface area contributed by atoms with E-state index in [1.165, 1.54) is 12.8 Å². The summed E-state index contributed by atoms with van der Waals surface area (Å²) >= 11 is 0. The Hall–Kier alpha value is -2.86. The number of anilines is 1. The largest absolute Gasteiger partial charge is 0.486 e.